The zero-order valence-corrected chi connectivity index (χ0v) is 6.57. The first-order valence-corrected chi connectivity index (χ1v) is 3.51. The van der Waals surface area contributed by atoms with E-state index in [2.05, 4.69) is 11.7 Å². The maximum atomic E-state index is 9.41. The van der Waals surface area contributed by atoms with Gasteiger partial charge >= 0.3 is 0 Å². The van der Waals surface area contributed by atoms with Crippen molar-refractivity contribution in [1.82, 2.24) is 9.78 Å². The molecule has 0 fully saturated rings. The maximum absolute atomic E-state index is 9.41. The van der Waals surface area contributed by atoms with E-state index in [1.807, 2.05) is 7.05 Å². The second-order valence-corrected chi connectivity index (χ2v) is 2.49. The van der Waals surface area contributed by atoms with Gasteiger partial charge in [0.05, 0.1) is 12.3 Å². The van der Waals surface area contributed by atoms with Crippen LogP contribution >= 0.6 is 0 Å². The average molecular weight is 152 g/mol. The Morgan fingerprint density at radius 1 is 1.91 bits per heavy atom. The predicted octanol–water partition coefficient (Wildman–Crippen LogP) is 1.03. The van der Waals surface area contributed by atoms with Crippen LogP contribution in [0.1, 0.15) is 18.1 Å². The molecular weight excluding hydrogens is 140 g/mol. The van der Waals surface area contributed by atoms with E-state index >= 15 is 0 Å². The normalized spacial score (nSPS) is 12.9. The van der Waals surface area contributed by atoms with Crippen molar-refractivity contribution >= 4 is 0 Å². The van der Waals surface area contributed by atoms with Crippen molar-refractivity contribution in [3.8, 4) is 0 Å². The molecule has 0 saturated heterocycles. The van der Waals surface area contributed by atoms with Crippen LogP contribution in [-0.4, -0.2) is 14.9 Å². The van der Waals surface area contributed by atoms with E-state index in [1.165, 1.54) is 0 Å². The van der Waals surface area contributed by atoms with Crippen molar-refractivity contribution in [3.05, 3.63) is 30.6 Å². The van der Waals surface area contributed by atoms with Crippen molar-refractivity contribution in [2.24, 2.45) is 7.05 Å². The second-order valence-electron chi connectivity index (χ2n) is 2.49. The molecule has 0 aromatic carbocycles. The zero-order chi connectivity index (χ0) is 8.27. The Kier molecular flexibility index (Phi) is 2.44. The summed E-state index contributed by atoms with van der Waals surface area (Å²) < 4.78 is 1.67. The van der Waals surface area contributed by atoms with Gasteiger partial charge in [-0.15, -0.1) is 6.58 Å². The molecule has 0 aliphatic carbocycles. The van der Waals surface area contributed by atoms with Crippen molar-refractivity contribution in [2.45, 2.75) is 12.5 Å². The largest absolute Gasteiger partial charge is 0.388 e. The monoisotopic (exact) mass is 152 g/mol. The molecule has 60 valence electrons. The van der Waals surface area contributed by atoms with Crippen LogP contribution < -0.4 is 0 Å². The van der Waals surface area contributed by atoms with Crippen LogP contribution in [0.15, 0.2) is 25.0 Å². The third kappa shape index (κ3) is 1.91. The minimum absolute atomic E-state index is 0.457. The first-order valence-electron chi connectivity index (χ1n) is 3.51. The molecule has 1 heterocycles. The van der Waals surface area contributed by atoms with Gasteiger partial charge in [0.15, 0.2) is 0 Å². The summed E-state index contributed by atoms with van der Waals surface area (Å²) in [5.74, 6) is 0. The molecule has 1 atom stereocenters. The van der Waals surface area contributed by atoms with Gasteiger partial charge in [-0.25, -0.2) is 0 Å². The number of aryl methyl sites for hydroxylation is 1. The molecule has 1 aromatic heterocycles. The van der Waals surface area contributed by atoms with E-state index in [-0.39, 0.29) is 0 Å². The summed E-state index contributed by atoms with van der Waals surface area (Å²) >= 11 is 0. The van der Waals surface area contributed by atoms with Crippen molar-refractivity contribution in [1.29, 1.82) is 0 Å². The molecule has 1 rings (SSSR count). The lowest BCUT2D eigenvalue weighted by Crippen LogP contribution is -1.93. The molecule has 3 nitrogen and oxygen atoms in total. The third-order valence-corrected chi connectivity index (χ3v) is 1.50. The van der Waals surface area contributed by atoms with Crippen LogP contribution in [0.5, 0.6) is 0 Å². The maximum Gasteiger partial charge on any atom is 0.0854 e. The summed E-state index contributed by atoms with van der Waals surface area (Å²) in [6, 6.07) is 0. The van der Waals surface area contributed by atoms with Crippen molar-refractivity contribution in [2.75, 3.05) is 0 Å². The lowest BCUT2D eigenvalue weighted by atomic mass is 10.1. The van der Waals surface area contributed by atoms with Gasteiger partial charge in [0.1, 0.15) is 0 Å². The molecule has 0 bridgehead atoms. The van der Waals surface area contributed by atoms with Crippen molar-refractivity contribution in [3.63, 3.8) is 0 Å². The highest BCUT2D eigenvalue weighted by molar-refractivity contribution is 5.08. The van der Waals surface area contributed by atoms with Gasteiger partial charge in [-0.1, -0.05) is 6.08 Å². The smallest absolute Gasteiger partial charge is 0.0854 e. The zero-order valence-electron chi connectivity index (χ0n) is 6.57. The van der Waals surface area contributed by atoms with Crippen LogP contribution in [0.25, 0.3) is 0 Å². The molecule has 0 spiro atoms. The van der Waals surface area contributed by atoms with E-state index in [4.69, 9.17) is 0 Å². The number of aliphatic hydroxyl groups is 1. The molecule has 0 aliphatic heterocycles. The van der Waals surface area contributed by atoms with Gasteiger partial charge in [0.2, 0.25) is 0 Å². The molecule has 1 unspecified atom stereocenters. The highest BCUT2D eigenvalue weighted by atomic mass is 16.3. The van der Waals surface area contributed by atoms with Gasteiger partial charge in [0, 0.05) is 18.8 Å². The quantitative estimate of drug-likeness (QED) is 0.657. The third-order valence-electron chi connectivity index (χ3n) is 1.50. The van der Waals surface area contributed by atoms with Crippen LogP contribution in [-0.2, 0) is 7.05 Å². The summed E-state index contributed by atoms with van der Waals surface area (Å²) in [6.45, 7) is 3.55. The Morgan fingerprint density at radius 3 is 3.09 bits per heavy atom. The summed E-state index contributed by atoms with van der Waals surface area (Å²) in [6.07, 6.45) is 5.27. The fourth-order valence-corrected chi connectivity index (χ4v) is 0.906. The predicted molar refractivity (Wildman–Crippen MR) is 43.0 cm³/mol. The SMILES string of the molecule is C=CCC(O)c1cnn(C)c1. The molecule has 0 radical (unpaired) electrons. The fourth-order valence-electron chi connectivity index (χ4n) is 0.906. The van der Waals surface area contributed by atoms with Gasteiger partial charge in [0.25, 0.3) is 0 Å². The molecule has 0 saturated carbocycles. The first kappa shape index (κ1) is 8.01. The van der Waals surface area contributed by atoms with E-state index in [1.54, 1.807) is 23.2 Å². The Balaban J connectivity index is 2.67. The van der Waals surface area contributed by atoms with E-state index in [9.17, 15) is 5.11 Å². The second kappa shape index (κ2) is 3.34. The summed E-state index contributed by atoms with van der Waals surface area (Å²) in [5.41, 5.74) is 0.840. The fraction of sp³-hybridized carbons (Fsp3) is 0.375. The molecule has 0 aliphatic rings. The minimum Gasteiger partial charge on any atom is -0.388 e. The van der Waals surface area contributed by atoms with E-state index < -0.39 is 6.10 Å². The lowest BCUT2D eigenvalue weighted by molar-refractivity contribution is 0.181. The summed E-state index contributed by atoms with van der Waals surface area (Å²) in [4.78, 5) is 0. The molecule has 11 heavy (non-hydrogen) atoms. The standard InChI is InChI=1S/C8H12N2O/c1-3-4-8(11)7-5-9-10(2)6-7/h3,5-6,8,11H,1,4H2,2H3. The Labute approximate surface area is 66.0 Å². The molecule has 1 N–H and O–H groups in total. The first-order chi connectivity index (χ1) is 5.24. The van der Waals surface area contributed by atoms with Crippen LogP contribution in [0.2, 0.25) is 0 Å². The van der Waals surface area contributed by atoms with Gasteiger partial charge in [-0.3, -0.25) is 4.68 Å². The highest BCUT2D eigenvalue weighted by Crippen LogP contribution is 2.14. The summed E-state index contributed by atoms with van der Waals surface area (Å²) in [5, 5.41) is 13.4. The molecule has 0 amide bonds. The van der Waals surface area contributed by atoms with Gasteiger partial charge in [-0.2, -0.15) is 5.10 Å². The number of hydrogen-bond donors (Lipinski definition) is 1. The number of rotatable bonds is 3. The Hall–Kier alpha value is -1.09. The lowest BCUT2D eigenvalue weighted by Gasteiger charge is -2.02. The van der Waals surface area contributed by atoms with Gasteiger partial charge < -0.3 is 5.11 Å². The topological polar surface area (TPSA) is 38.1 Å². The van der Waals surface area contributed by atoms with Crippen LogP contribution in [0.3, 0.4) is 0 Å². The van der Waals surface area contributed by atoms with E-state index in [0.29, 0.717) is 6.42 Å². The molecular formula is C8H12N2O. The van der Waals surface area contributed by atoms with Gasteiger partial charge in [-0.05, 0) is 6.42 Å². The van der Waals surface area contributed by atoms with Crippen LogP contribution in [0, 0.1) is 0 Å². The summed E-state index contributed by atoms with van der Waals surface area (Å²) in [7, 11) is 1.82. The highest BCUT2D eigenvalue weighted by Gasteiger charge is 2.05. The number of nitrogens with zero attached hydrogens (tertiary/aromatic N) is 2. The number of aromatic nitrogens is 2. The molecule has 1 aromatic rings. The van der Waals surface area contributed by atoms with Crippen molar-refractivity contribution < 1.29 is 5.11 Å². The Morgan fingerprint density at radius 2 is 2.64 bits per heavy atom. The Bertz CT molecular complexity index is 242. The number of aliphatic hydroxyl groups excluding tert-OH is 1. The van der Waals surface area contributed by atoms with Crippen LogP contribution in [0.4, 0.5) is 0 Å². The number of hydrogen-bond acceptors (Lipinski definition) is 2. The molecule has 3 heteroatoms. The average Bonchev–Trinajstić information content (AvgIpc) is 2.36. The van der Waals surface area contributed by atoms with E-state index in [0.717, 1.165) is 5.56 Å². The minimum atomic E-state index is -0.457.